The molecule has 0 saturated carbocycles. The zero-order chi connectivity index (χ0) is 34.8. The van der Waals surface area contributed by atoms with Crippen LogP contribution < -0.4 is 0 Å². The molecule has 0 radical (unpaired) electrons. The Morgan fingerprint density at radius 1 is 0.460 bits per heavy atom. The van der Waals surface area contributed by atoms with E-state index in [2.05, 4.69) is 214 Å². The molecule has 6 aromatic rings. The van der Waals surface area contributed by atoms with E-state index >= 15 is 0 Å². The SMILES string of the molecule is CC(=Nc1c(C)cccc1C)C(C)=Nc1c(C(c2ccccc2)c2ccccc2)cc(C)cc1C(c1ccccc1)c1ccccc1.[CH3-].[Cl][Pd+]. The summed E-state index contributed by atoms with van der Waals surface area (Å²) in [6.45, 7) is 10.6. The van der Waals surface area contributed by atoms with Gasteiger partial charge in [-0.25, -0.2) is 0 Å². The number of hydrogen-bond donors (Lipinski definition) is 0. The van der Waals surface area contributed by atoms with Crippen molar-refractivity contribution in [3.05, 3.63) is 209 Å². The van der Waals surface area contributed by atoms with E-state index in [0.717, 1.165) is 33.9 Å². The topological polar surface area (TPSA) is 24.7 Å². The third-order valence-corrected chi connectivity index (χ3v) is 8.99. The third kappa shape index (κ3) is 9.04. The summed E-state index contributed by atoms with van der Waals surface area (Å²) in [5, 5.41) is 0. The molecule has 0 amide bonds. The fourth-order valence-corrected chi connectivity index (χ4v) is 6.57. The Balaban J connectivity index is 0.00000184. The van der Waals surface area contributed by atoms with Gasteiger partial charge in [0.15, 0.2) is 0 Å². The molecular weight excluding hydrogens is 722 g/mol. The first kappa shape index (κ1) is 38.4. The number of nitrogens with zero attached hydrogens (tertiary/aromatic N) is 2. The van der Waals surface area contributed by atoms with E-state index in [0.29, 0.717) is 0 Å². The fraction of sp³-hybridized carbons (Fsp3) is 0.152. The summed E-state index contributed by atoms with van der Waals surface area (Å²) < 4.78 is 0. The predicted molar refractivity (Wildman–Crippen MR) is 213 cm³/mol. The van der Waals surface area contributed by atoms with E-state index in [1.54, 1.807) is 0 Å². The molecule has 50 heavy (non-hydrogen) atoms. The first-order valence-corrected chi connectivity index (χ1v) is 18.5. The maximum absolute atomic E-state index is 5.59. The quantitative estimate of drug-likeness (QED) is 0.0606. The van der Waals surface area contributed by atoms with Gasteiger partial charge < -0.3 is 7.43 Å². The normalized spacial score (nSPS) is 11.6. The number of halogens is 1. The van der Waals surface area contributed by atoms with Crippen molar-refractivity contribution in [1.82, 2.24) is 0 Å². The van der Waals surface area contributed by atoms with Crippen molar-refractivity contribution in [3.63, 3.8) is 0 Å². The Hall–Kier alpha value is -4.39. The van der Waals surface area contributed by atoms with Crippen LogP contribution in [0.3, 0.4) is 0 Å². The number of benzene rings is 6. The summed E-state index contributed by atoms with van der Waals surface area (Å²) >= 11 is 2.22. The van der Waals surface area contributed by atoms with Crippen LogP contribution in [0.25, 0.3) is 0 Å². The molecule has 4 heteroatoms. The van der Waals surface area contributed by atoms with Gasteiger partial charge in [-0.1, -0.05) is 157 Å². The average Bonchev–Trinajstić information content (AvgIpc) is 3.14. The summed E-state index contributed by atoms with van der Waals surface area (Å²) in [4.78, 5) is 10.7. The van der Waals surface area contributed by atoms with Crippen LogP contribution in [0, 0.1) is 28.2 Å². The van der Waals surface area contributed by atoms with Crippen LogP contribution in [0.5, 0.6) is 0 Å². The van der Waals surface area contributed by atoms with E-state index in [4.69, 9.17) is 9.98 Å². The first-order chi connectivity index (χ1) is 23.9. The van der Waals surface area contributed by atoms with E-state index < -0.39 is 0 Å². The predicted octanol–water partition coefficient (Wildman–Crippen LogP) is 13.0. The second kappa shape index (κ2) is 18.6. The minimum absolute atomic E-state index is 0. The van der Waals surface area contributed by atoms with E-state index in [1.807, 2.05) is 0 Å². The molecule has 0 aliphatic heterocycles. The van der Waals surface area contributed by atoms with Crippen molar-refractivity contribution >= 4 is 32.3 Å². The molecule has 0 atom stereocenters. The van der Waals surface area contributed by atoms with Crippen molar-refractivity contribution < 1.29 is 18.2 Å². The second-order valence-electron chi connectivity index (χ2n) is 12.4. The van der Waals surface area contributed by atoms with Crippen molar-refractivity contribution in [2.24, 2.45) is 9.98 Å². The van der Waals surface area contributed by atoms with Gasteiger partial charge in [0.1, 0.15) is 0 Å². The van der Waals surface area contributed by atoms with E-state index in [-0.39, 0.29) is 19.3 Å². The Kier molecular flexibility index (Phi) is 14.3. The number of rotatable bonds is 9. The molecule has 0 unspecified atom stereocenters. The Morgan fingerprint density at radius 3 is 1.08 bits per heavy atom. The molecular formula is C46H45ClN2Pd. The maximum atomic E-state index is 5.59. The summed E-state index contributed by atoms with van der Waals surface area (Å²) in [5.41, 5.74) is 14.7. The Morgan fingerprint density at radius 2 is 0.760 bits per heavy atom. The molecule has 6 aromatic carbocycles. The van der Waals surface area contributed by atoms with Crippen LogP contribution in [0.1, 0.15) is 75.8 Å². The van der Waals surface area contributed by atoms with Crippen LogP contribution in [0.2, 0.25) is 0 Å². The van der Waals surface area contributed by atoms with Gasteiger partial charge in [0, 0.05) is 11.8 Å². The van der Waals surface area contributed by atoms with Crippen molar-refractivity contribution in [2.75, 3.05) is 0 Å². The molecule has 0 aromatic heterocycles. The van der Waals surface area contributed by atoms with Crippen LogP contribution in [-0.2, 0) is 18.2 Å². The molecule has 0 spiro atoms. The fourth-order valence-electron chi connectivity index (χ4n) is 6.57. The summed E-state index contributed by atoms with van der Waals surface area (Å²) in [6.07, 6.45) is 0. The Bertz CT molecular complexity index is 1820. The van der Waals surface area contributed by atoms with Crippen LogP contribution >= 0.6 is 9.53 Å². The van der Waals surface area contributed by atoms with Gasteiger partial charge in [-0.05, 0) is 79.1 Å². The third-order valence-electron chi connectivity index (χ3n) is 8.99. The number of hydrogen-bond acceptors (Lipinski definition) is 2. The van der Waals surface area contributed by atoms with Gasteiger partial charge in [0.25, 0.3) is 0 Å². The summed E-state index contributed by atoms with van der Waals surface area (Å²) in [5.74, 6) is -0.0173. The van der Waals surface area contributed by atoms with E-state index in [1.165, 1.54) is 38.9 Å². The molecule has 2 nitrogen and oxygen atoms in total. The van der Waals surface area contributed by atoms with Gasteiger partial charge in [-0.2, -0.15) is 0 Å². The van der Waals surface area contributed by atoms with Crippen molar-refractivity contribution in [2.45, 2.75) is 46.5 Å². The van der Waals surface area contributed by atoms with Gasteiger partial charge >= 0.3 is 27.7 Å². The van der Waals surface area contributed by atoms with Crippen molar-refractivity contribution in [1.29, 1.82) is 0 Å². The molecule has 6 rings (SSSR count). The zero-order valence-corrected chi connectivity index (χ0v) is 32.0. The van der Waals surface area contributed by atoms with Gasteiger partial charge in [-0.3, -0.25) is 9.98 Å². The second-order valence-corrected chi connectivity index (χ2v) is 12.4. The van der Waals surface area contributed by atoms with Crippen LogP contribution in [-0.4, -0.2) is 11.4 Å². The molecule has 0 aliphatic rings. The molecule has 0 fully saturated rings. The molecule has 0 heterocycles. The van der Waals surface area contributed by atoms with E-state index in [9.17, 15) is 0 Å². The molecule has 256 valence electrons. The van der Waals surface area contributed by atoms with Gasteiger partial charge in [0.05, 0.1) is 22.8 Å². The number of aliphatic imine (C=N–C) groups is 2. The molecule has 0 bridgehead atoms. The standard InChI is InChI=1S/C45H42N2.CH3.ClH.Pd/c1-31-29-40(42(36-21-10-6-11-22-36)37-23-12-7-13-24-37)45(47-35(5)34(4)46-44-32(2)19-18-20-33(44)3)41(30-31)43(38-25-14-8-15-26-38)39-27-16-9-17-28-39;;;/h6-30,42-43H,1-5H3;1H3;1H;/q;-1;;+2/p-1. The minimum atomic E-state index is -0.00865. The molecule has 0 saturated heterocycles. The van der Waals surface area contributed by atoms with Gasteiger partial charge in [-0.15, -0.1) is 0 Å². The van der Waals surface area contributed by atoms with Crippen molar-refractivity contribution in [3.8, 4) is 0 Å². The average molecular weight is 768 g/mol. The first-order valence-electron chi connectivity index (χ1n) is 16.5. The van der Waals surface area contributed by atoms with Crippen LogP contribution in [0.15, 0.2) is 162 Å². The number of aryl methyl sites for hydroxylation is 3. The molecule has 0 N–H and O–H groups in total. The monoisotopic (exact) mass is 766 g/mol. The van der Waals surface area contributed by atoms with Crippen LogP contribution in [0.4, 0.5) is 11.4 Å². The van der Waals surface area contributed by atoms with Gasteiger partial charge in [0.2, 0.25) is 0 Å². The Labute approximate surface area is 314 Å². The number of para-hydroxylation sites is 1. The summed E-state index contributed by atoms with van der Waals surface area (Å²) in [6, 6.07) is 54.3. The molecule has 0 aliphatic carbocycles. The zero-order valence-electron chi connectivity index (χ0n) is 29.7. The summed E-state index contributed by atoms with van der Waals surface area (Å²) in [7, 11) is 4.49.